The van der Waals surface area contributed by atoms with Gasteiger partial charge in [0.15, 0.2) is 0 Å². The van der Waals surface area contributed by atoms with Gasteiger partial charge in [0.2, 0.25) is 65.0 Å². The monoisotopic (exact) mass is 1200 g/mol. The van der Waals surface area contributed by atoms with E-state index >= 15 is 9.59 Å². The van der Waals surface area contributed by atoms with Gasteiger partial charge in [0, 0.05) is 42.3 Å². The SMILES string of the molecule is CC=CCC(C)C(O)C1C(=O)NC(C)(CC)C(=O)N(C)CC(=O)N(C)C(CC(C)C)C(=O)NC(C(C)C)C(=O)N(C)C(CC(C)C)C(=O)NC(C)C(=O)NC(C)C(=O)NC(CC(C)C)C(=O)N(C)C(CC(C)C)C(=O)N(C)C(C(C)C)C(=O)N1C. The summed E-state index contributed by atoms with van der Waals surface area (Å²) in [4.78, 5) is 167. The summed E-state index contributed by atoms with van der Waals surface area (Å²) in [5.74, 6) is -9.95. The zero-order valence-corrected chi connectivity index (χ0v) is 56.0. The van der Waals surface area contributed by atoms with Crippen molar-refractivity contribution in [3.05, 3.63) is 12.2 Å². The summed E-state index contributed by atoms with van der Waals surface area (Å²) >= 11 is 0. The first kappa shape index (κ1) is 76.9. The van der Waals surface area contributed by atoms with E-state index in [0.717, 1.165) is 9.80 Å². The molecule has 23 nitrogen and oxygen atoms in total. The van der Waals surface area contributed by atoms with E-state index in [1.54, 1.807) is 60.6 Å². The van der Waals surface area contributed by atoms with Gasteiger partial charge in [-0.3, -0.25) is 52.7 Å². The van der Waals surface area contributed by atoms with E-state index in [1.165, 1.54) is 82.7 Å². The van der Waals surface area contributed by atoms with Crippen molar-refractivity contribution in [1.82, 2.24) is 56.0 Å². The lowest BCUT2D eigenvalue weighted by atomic mass is 9.90. The topological polar surface area (TPSA) is 288 Å². The third-order valence-corrected chi connectivity index (χ3v) is 16.2. The van der Waals surface area contributed by atoms with Gasteiger partial charge in [0.05, 0.1) is 12.6 Å². The number of aliphatic hydroxyl groups is 1. The van der Waals surface area contributed by atoms with Crippen LogP contribution in [0.2, 0.25) is 0 Å². The lowest BCUT2D eigenvalue weighted by Gasteiger charge is -2.42. The molecule has 12 atom stereocenters. The Morgan fingerprint density at radius 3 is 1.41 bits per heavy atom. The van der Waals surface area contributed by atoms with Crippen molar-refractivity contribution in [1.29, 1.82) is 0 Å². The number of carbonyl (C=O) groups is 11. The number of nitrogens with one attached hydrogen (secondary N) is 5. The average Bonchev–Trinajstić information content (AvgIpc) is 2.99. The normalized spacial score (nSPS) is 27.7. The second kappa shape index (κ2) is 34.3. The summed E-state index contributed by atoms with van der Waals surface area (Å²) in [5.41, 5.74) is -1.73. The van der Waals surface area contributed by atoms with Crippen molar-refractivity contribution in [3.8, 4) is 0 Å². The lowest BCUT2D eigenvalue weighted by molar-refractivity contribution is -0.157. The van der Waals surface area contributed by atoms with Gasteiger partial charge in [-0.15, -0.1) is 0 Å². The highest BCUT2D eigenvalue weighted by atomic mass is 16.3. The van der Waals surface area contributed by atoms with Crippen LogP contribution in [0.25, 0.3) is 0 Å². The Morgan fingerprint density at radius 2 is 0.953 bits per heavy atom. The maximum Gasteiger partial charge on any atom is 0.248 e. The number of hydrogen-bond acceptors (Lipinski definition) is 12. The molecule has 85 heavy (non-hydrogen) atoms. The molecule has 0 spiro atoms. The molecule has 0 aromatic heterocycles. The molecule has 1 saturated heterocycles. The maximum absolute atomic E-state index is 15.2. The minimum Gasteiger partial charge on any atom is -0.390 e. The molecule has 0 saturated carbocycles. The number of carbonyl (C=O) groups excluding carboxylic acids is 11. The van der Waals surface area contributed by atoms with Gasteiger partial charge < -0.3 is 61.1 Å². The van der Waals surface area contributed by atoms with Crippen molar-refractivity contribution in [3.63, 3.8) is 0 Å². The van der Waals surface area contributed by atoms with Crippen molar-refractivity contribution in [2.24, 2.45) is 41.4 Å². The highest BCUT2D eigenvalue weighted by Gasteiger charge is 2.47. The number of allylic oxidation sites excluding steroid dienone is 2. The van der Waals surface area contributed by atoms with E-state index in [0.29, 0.717) is 6.42 Å². The Hall–Kier alpha value is -6.13. The molecule has 11 amide bonds. The molecule has 0 radical (unpaired) electrons. The van der Waals surface area contributed by atoms with Gasteiger partial charge in [-0.05, 0) is 108 Å². The number of rotatable bonds is 15. The van der Waals surface area contributed by atoms with Crippen LogP contribution < -0.4 is 26.6 Å². The molecule has 0 bridgehead atoms. The maximum atomic E-state index is 15.2. The molecular formula is C62H111N11O12. The van der Waals surface area contributed by atoms with Crippen LogP contribution >= 0.6 is 0 Å². The van der Waals surface area contributed by atoms with E-state index in [4.69, 9.17) is 0 Å². The lowest BCUT2D eigenvalue weighted by Crippen LogP contribution is -2.66. The molecule has 1 fully saturated rings. The van der Waals surface area contributed by atoms with Crippen LogP contribution in [0.3, 0.4) is 0 Å². The first-order chi connectivity index (χ1) is 39.1. The van der Waals surface area contributed by atoms with E-state index in [2.05, 4.69) is 26.6 Å². The van der Waals surface area contributed by atoms with Crippen LogP contribution in [-0.4, -0.2) is 214 Å². The van der Waals surface area contributed by atoms with E-state index in [-0.39, 0.29) is 55.8 Å². The molecule has 6 N–H and O–H groups in total. The fourth-order valence-corrected chi connectivity index (χ4v) is 10.5. The summed E-state index contributed by atoms with van der Waals surface area (Å²) in [7, 11) is 8.45. The first-order valence-corrected chi connectivity index (χ1v) is 30.5. The van der Waals surface area contributed by atoms with Crippen molar-refractivity contribution in [2.75, 3.05) is 48.8 Å². The second-order valence-corrected chi connectivity index (χ2v) is 26.4. The zero-order valence-electron chi connectivity index (χ0n) is 56.0. The third-order valence-electron chi connectivity index (χ3n) is 16.2. The molecule has 0 aromatic rings. The van der Waals surface area contributed by atoms with Crippen molar-refractivity contribution in [2.45, 2.75) is 229 Å². The summed E-state index contributed by atoms with van der Waals surface area (Å²) < 4.78 is 0. The standard InChI is InChI=1S/C62H111N11O12/c1-25-27-28-40(15)51(75)50-56(80)67-62(18,26-2)61(85)68(19)33-47(74)69(20)44(30-35(5)6)55(79)66-48(38(11)12)59(83)70(21)45(31-36(7)8)54(78)64-41(16)52(76)63-42(17)53(77)65-43(29-34(3)4)57(81)71(22)46(32-37(9)10)58(82)72(23)49(39(13)14)60(84)73(50)24/h25,27,34-46,48-51,75H,26,28-33H2,1-24H3,(H,63,76)(H,64,78)(H,65,77)(H,66,79)(H,67,80). The van der Waals surface area contributed by atoms with Gasteiger partial charge >= 0.3 is 0 Å². The summed E-state index contributed by atoms with van der Waals surface area (Å²) in [6, 6.07) is -11.2. The largest absolute Gasteiger partial charge is 0.390 e. The fourth-order valence-electron chi connectivity index (χ4n) is 10.5. The van der Waals surface area contributed by atoms with Gasteiger partial charge in [-0.25, -0.2) is 0 Å². The predicted octanol–water partition coefficient (Wildman–Crippen LogP) is 3.32. The molecule has 1 aliphatic rings. The minimum atomic E-state index is -1.73. The number of amides is 11. The van der Waals surface area contributed by atoms with E-state index in [1.807, 2.05) is 55.4 Å². The molecule has 23 heteroatoms. The summed E-state index contributed by atoms with van der Waals surface area (Å²) in [6.45, 7) is 30.7. The van der Waals surface area contributed by atoms with Crippen LogP contribution in [0, 0.1) is 41.4 Å². The molecular weight excluding hydrogens is 1090 g/mol. The molecule has 12 unspecified atom stereocenters. The van der Waals surface area contributed by atoms with Gasteiger partial charge in [0.1, 0.15) is 59.9 Å². The number of hydrogen-bond donors (Lipinski definition) is 6. The Morgan fingerprint density at radius 1 is 0.518 bits per heavy atom. The Labute approximate surface area is 508 Å². The first-order valence-electron chi connectivity index (χ1n) is 30.5. The number of aliphatic hydroxyl groups excluding tert-OH is 1. The smallest absolute Gasteiger partial charge is 0.248 e. The fraction of sp³-hybridized carbons (Fsp3) is 0.790. The predicted molar refractivity (Wildman–Crippen MR) is 328 cm³/mol. The number of nitrogens with zero attached hydrogens (tertiary/aromatic N) is 6. The molecule has 0 aliphatic carbocycles. The zero-order chi connectivity index (χ0) is 66.0. The van der Waals surface area contributed by atoms with E-state index < -0.39 is 155 Å². The molecule has 0 aromatic carbocycles. The molecule has 1 rings (SSSR count). The number of likely N-dealkylation sites (N-methyl/N-ethyl adjacent to an activating group) is 6. The van der Waals surface area contributed by atoms with Crippen LogP contribution in [0.4, 0.5) is 0 Å². The van der Waals surface area contributed by atoms with Crippen LogP contribution in [-0.2, 0) is 52.7 Å². The van der Waals surface area contributed by atoms with Gasteiger partial charge in [0.25, 0.3) is 0 Å². The van der Waals surface area contributed by atoms with E-state index in [9.17, 15) is 48.3 Å². The van der Waals surface area contributed by atoms with Crippen molar-refractivity contribution < 1.29 is 57.8 Å². The third kappa shape index (κ3) is 21.7. The Balaban J connectivity index is 4.33. The quantitative estimate of drug-likeness (QED) is 0.129. The van der Waals surface area contributed by atoms with Crippen LogP contribution in [0.15, 0.2) is 12.2 Å². The Bertz CT molecular complexity index is 2340. The van der Waals surface area contributed by atoms with Crippen LogP contribution in [0.1, 0.15) is 163 Å². The highest BCUT2D eigenvalue weighted by molar-refractivity contribution is 6.00. The van der Waals surface area contributed by atoms with Crippen molar-refractivity contribution >= 4 is 65.0 Å². The average molecular weight is 1200 g/mol. The highest BCUT2D eigenvalue weighted by Crippen LogP contribution is 2.26. The summed E-state index contributed by atoms with van der Waals surface area (Å²) in [6.07, 6.45) is 2.94. The molecule has 1 heterocycles. The summed E-state index contributed by atoms with van der Waals surface area (Å²) in [5, 5.41) is 25.9. The van der Waals surface area contributed by atoms with Gasteiger partial charge in [-0.1, -0.05) is 109 Å². The van der Waals surface area contributed by atoms with Crippen LogP contribution in [0.5, 0.6) is 0 Å². The minimum absolute atomic E-state index is 0.0121. The molecule has 1 aliphatic heterocycles. The molecule has 486 valence electrons. The van der Waals surface area contributed by atoms with Gasteiger partial charge in [-0.2, -0.15) is 0 Å². The second-order valence-electron chi connectivity index (χ2n) is 26.4. The Kier molecular flexibility index (Phi) is 31.0.